The minimum atomic E-state index is -2.78. The quantitative estimate of drug-likeness (QED) is 0.524. The number of pyridine rings is 1. The van der Waals surface area contributed by atoms with Crippen molar-refractivity contribution in [3.63, 3.8) is 0 Å². The van der Waals surface area contributed by atoms with Gasteiger partial charge < -0.3 is 14.2 Å². The summed E-state index contributed by atoms with van der Waals surface area (Å²) in [5, 5.41) is 0.988. The molecule has 2 fully saturated rings. The maximum Gasteiger partial charge on any atom is 0.302 e. The molecule has 0 saturated carbocycles. The predicted molar refractivity (Wildman–Crippen MR) is 122 cm³/mol. The molecule has 0 unspecified atom stereocenters. The molecule has 5 rings (SSSR count). The van der Waals surface area contributed by atoms with Crippen LogP contribution in [0.3, 0.4) is 0 Å². The Labute approximate surface area is 191 Å². The van der Waals surface area contributed by atoms with Crippen molar-refractivity contribution in [1.82, 2.24) is 19.4 Å². The molecule has 0 N–H and O–H groups in total. The summed E-state index contributed by atoms with van der Waals surface area (Å²) in [7, 11) is 0. The van der Waals surface area contributed by atoms with Crippen molar-refractivity contribution in [1.29, 1.82) is 0 Å². The van der Waals surface area contributed by atoms with Crippen LogP contribution in [0.1, 0.15) is 43.0 Å². The zero-order valence-corrected chi connectivity index (χ0v) is 18.7. The van der Waals surface area contributed by atoms with Gasteiger partial charge in [-0.2, -0.15) is 8.78 Å². The molecule has 0 atom stereocenters. The molecule has 1 aromatic carbocycles. The lowest BCUT2D eigenvalue weighted by Crippen LogP contribution is -2.46. The minimum absolute atomic E-state index is 0.0878. The lowest BCUT2D eigenvalue weighted by atomic mass is 10.1. The molecule has 0 aliphatic carbocycles. The number of carbonyl (C=O) groups excluding carboxylic acids is 1. The maximum atomic E-state index is 13.4. The standard InChI is InChI=1S/C25H28F2N4O2/c1-25(26,27)30-13-9-20(10-14-30)33-21-5-7-23(28-17-21)31-15-8-18-16-19(4-6-22(18)31)24(32)29-11-2-3-12-29/h4-8,15-17,20H,2-3,9-14H2,1H3. The van der Waals surface area contributed by atoms with E-state index in [9.17, 15) is 13.6 Å². The monoisotopic (exact) mass is 454 g/mol. The summed E-state index contributed by atoms with van der Waals surface area (Å²) in [6.07, 6.45) is 6.80. The molecule has 33 heavy (non-hydrogen) atoms. The largest absolute Gasteiger partial charge is 0.489 e. The molecule has 2 saturated heterocycles. The molecule has 6 nitrogen and oxygen atoms in total. The summed E-state index contributed by atoms with van der Waals surface area (Å²) >= 11 is 0. The first-order valence-electron chi connectivity index (χ1n) is 11.5. The van der Waals surface area contributed by atoms with E-state index in [1.54, 1.807) is 6.20 Å². The topological polar surface area (TPSA) is 50.6 Å². The highest BCUT2D eigenvalue weighted by Crippen LogP contribution is 2.27. The first-order valence-corrected chi connectivity index (χ1v) is 11.5. The normalized spacial score (nSPS) is 18.2. The summed E-state index contributed by atoms with van der Waals surface area (Å²) in [5.74, 6) is 1.47. The van der Waals surface area contributed by atoms with Crippen LogP contribution in [-0.4, -0.2) is 63.6 Å². The van der Waals surface area contributed by atoms with Crippen LogP contribution in [0.15, 0.2) is 48.8 Å². The van der Waals surface area contributed by atoms with Crippen molar-refractivity contribution in [2.24, 2.45) is 0 Å². The summed E-state index contributed by atoms with van der Waals surface area (Å²) in [5.41, 5.74) is 1.69. The van der Waals surface area contributed by atoms with Gasteiger partial charge in [0.25, 0.3) is 5.91 Å². The second-order valence-corrected chi connectivity index (χ2v) is 8.96. The zero-order valence-electron chi connectivity index (χ0n) is 18.7. The van der Waals surface area contributed by atoms with E-state index in [0.717, 1.165) is 49.6 Å². The predicted octanol–water partition coefficient (Wildman–Crippen LogP) is 4.72. The van der Waals surface area contributed by atoms with Crippen LogP contribution in [-0.2, 0) is 0 Å². The van der Waals surface area contributed by atoms with Crippen molar-refractivity contribution >= 4 is 16.8 Å². The summed E-state index contributed by atoms with van der Waals surface area (Å²) < 4.78 is 34.8. The van der Waals surface area contributed by atoms with E-state index in [4.69, 9.17) is 4.74 Å². The van der Waals surface area contributed by atoms with Gasteiger partial charge >= 0.3 is 6.05 Å². The van der Waals surface area contributed by atoms with Crippen molar-refractivity contribution < 1.29 is 18.3 Å². The van der Waals surface area contributed by atoms with E-state index in [2.05, 4.69) is 4.98 Å². The SMILES string of the molecule is CC(F)(F)N1CCC(Oc2ccc(-n3ccc4cc(C(=O)N5CCCC5)ccc43)nc2)CC1. The van der Waals surface area contributed by atoms with Crippen LogP contribution in [0.4, 0.5) is 8.78 Å². The first-order chi connectivity index (χ1) is 15.9. The average molecular weight is 455 g/mol. The number of likely N-dealkylation sites (tertiary alicyclic amines) is 2. The number of rotatable bonds is 5. The molecule has 174 valence electrons. The molecule has 0 spiro atoms. The lowest BCUT2D eigenvalue weighted by Gasteiger charge is -2.35. The second-order valence-electron chi connectivity index (χ2n) is 8.96. The maximum absolute atomic E-state index is 13.4. The summed E-state index contributed by atoms with van der Waals surface area (Å²) in [6, 6.07) is 8.73. The van der Waals surface area contributed by atoms with Crippen molar-refractivity contribution in [2.45, 2.75) is 44.8 Å². The molecule has 0 bridgehead atoms. The van der Waals surface area contributed by atoms with Gasteiger partial charge in [-0.15, -0.1) is 0 Å². The number of halogens is 2. The first kappa shape index (κ1) is 21.8. The van der Waals surface area contributed by atoms with Crippen LogP contribution in [0, 0.1) is 0 Å². The van der Waals surface area contributed by atoms with E-state index >= 15 is 0 Å². The molecular formula is C25H28F2N4O2. The van der Waals surface area contributed by atoms with Gasteiger partial charge in [-0.1, -0.05) is 0 Å². The highest BCUT2D eigenvalue weighted by atomic mass is 19.3. The third kappa shape index (κ3) is 4.57. The Morgan fingerprint density at radius 1 is 1.06 bits per heavy atom. The number of carbonyl (C=O) groups is 1. The number of alkyl halides is 2. The van der Waals surface area contributed by atoms with E-state index in [0.29, 0.717) is 37.2 Å². The third-order valence-electron chi connectivity index (χ3n) is 6.60. The number of aromatic nitrogens is 2. The number of piperidine rings is 1. The molecule has 3 aromatic rings. The highest BCUT2D eigenvalue weighted by Gasteiger charge is 2.34. The van der Waals surface area contributed by atoms with Crippen LogP contribution in [0.25, 0.3) is 16.7 Å². The summed E-state index contributed by atoms with van der Waals surface area (Å²) in [6.45, 7) is 3.24. The number of hydrogen-bond acceptors (Lipinski definition) is 4. The van der Waals surface area contributed by atoms with Crippen LogP contribution in [0.2, 0.25) is 0 Å². The van der Waals surface area contributed by atoms with Gasteiger partial charge in [-0.25, -0.2) is 9.88 Å². The molecule has 2 aliphatic rings. The Bertz CT molecular complexity index is 1130. The van der Waals surface area contributed by atoms with E-state index in [1.807, 2.05) is 52.1 Å². The Balaban J connectivity index is 1.26. The lowest BCUT2D eigenvalue weighted by molar-refractivity contribution is -0.144. The van der Waals surface area contributed by atoms with Crippen LogP contribution >= 0.6 is 0 Å². The molecule has 8 heteroatoms. The van der Waals surface area contributed by atoms with Gasteiger partial charge in [-0.05, 0) is 62.1 Å². The van der Waals surface area contributed by atoms with E-state index in [1.165, 1.54) is 4.90 Å². The van der Waals surface area contributed by atoms with Crippen molar-refractivity contribution in [3.8, 4) is 11.6 Å². The molecule has 4 heterocycles. The Kier molecular flexibility index (Phi) is 5.78. The average Bonchev–Trinajstić information content (AvgIpc) is 3.49. The minimum Gasteiger partial charge on any atom is -0.489 e. The van der Waals surface area contributed by atoms with Gasteiger partial charge in [0.1, 0.15) is 17.7 Å². The number of fused-ring (bicyclic) bond motifs is 1. The van der Waals surface area contributed by atoms with Gasteiger partial charge in [0.05, 0.1) is 11.7 Å². The van der Waals surface area contributed by atoms with E-state index in [-0.39, 0.29) is 12.0 Å². The Morgan fingerprint density at radius 2 is 1.82 bits per heavy atom. The van der Waals surface area contributed by atoms with Gasteiger partial charge in [0, 0.05) is 50.2 Å². The molecule has 1 amide bonds. The molecule has 2 aliphatic heterocycles. The number of ether oxygens (including phenoxy) is 1. The fourth-order valence-corrected chi connectivity index (χ4v) is 4.72. The second kappa shape index (κ2) is 8.74. The van der Waals surface area contributed by atoms with Gasteiger partial charge in [0.15, 0.2) is 0 Å². The smallest absolute Gasteiger partial charge is 0.302 e. The highest BCUT2D eigenvalue weighted by molar-refractivity contribution is 5.98. The van der Waals surface area contributed by atoms with Crippen molar-refractivity contribution in [3.05, 3.63) is 54.4 Å². The number of nitrogens with zero attached hydrogens (tertiary/aromatic N) is 4. The third-order valence-corrected chi connectivity index (χ3v) is 6.60. The zero-order chi connectivity index (χ0) is 23.0. The molecule has 2 aromatic heterocycles. The fourth-order valence-electron chi connectivity index (χ4n) is 4.72. The van der Waals surface area contributed by atoms with Gasteiger partial charge in [-0.3, -0.25) is 4.79 Å². The molecular weight excluding hydrogens is 426 g/mol. The number of amides is 1. The Morgan fingerprint density at radius 3 is 2.48 bits per heavy atom. The van der Waals surface area contributed by atoms with Gasteiger partial charge in [0.2, 0.25) is 0 Å². The summed E-state index contributed by atoms with van der Waals surface area (Å²) in [4.78, 5) is 20.3. The number of benzene rings is 1. The number of hydrogen-bond donors (Lipinski definition) is 0. The van der Waals surface area contributed by atoms with E-state index < -0.39 is 6.05 Å². The van der Waals surface area contributed by atoms with Crippen LogP contribution in [0.5, 0.6) is 5.75 Å². The van der Waals surface area contributed by atoms with Crippen molar-refractivity contribution in [2.75, 3.05) is 26.2 Å². The van der Waals surface area contributed by atoms with Crippen LogP contribution < -0.4 is 4.74 Å². The molecule has 0 radical (unpaired) electrons. The Hall–Kier alpha value is -3.00. The fraction of sp³-hybridized carbons (Fsp3) is 0.440.